The predicted octanol–water partition coefficient (Wildman–Crippen LogP) is 2.66. The first-order valence-corrected chi connectivity index (χ1v) is 10.4. The Morgan fingerprint density at radius 1 is 0.938 bits per heavy atom. The molecule has 0 radical (unpaired) electrons. The number of aryl methyl sites for hydroxylation is 2. The van der Waals surface area contributed by atoms with Crippen molar-refractivity contribution in [2.45, 2.75) is 26.5 Å². The average Bonchev–Trinajstić information content (AvgIpc) is 3.40. The summed E-state index contributed by atoms with van der Waals surface area (Å²) >= 11 is 0. The van der Waals surface area contributed by atoms with Gasteiger partial charge in [-0.2, -0.15) is 0 Å². The zero-order valence-corrected chi connectivity index (χ0v) is 17.8. The van der Waals surface area contributed by atoms with E-state index in [0.717, 1.165) is 32.9 Å². The number of nitrogens with zero attached hydrogens (tertiary/aromatic N) is 1. The number of aromatic amines is 1. The number of benzene rings is 2. The van der Waals surface area contributed by atoms with E-state index in [-0.39, 0.29) is 13.2 Å². The van der Waals surface area contributed by atoms with E-state index in [9.17, 15) is 19.8 Å². The number of hydrogen-bond acceptors (Lipinski definition) is 4. The van der Waals surface area contributed by atoms with Crippen molar-refractivity contribution in [1.82, 2.24) is 14.9 Å². The molecule has 1 aliphatic heterocycles. The number of amides is 2. The van der Waals surface area contributed by atoms with Crippen molar-refractivity contribution in [1.29, 1.82) is 0 Å². The van der Waals surface area contributed by atoms with Gasteiger partial charge >= 0.3 is 0 Å². The Hall–Kier alpha value is -3.68. The van der Waals surface area contributed by atoms with Crippen molar-refractivity contribution in [3.63, 3.8) is 0 Å². The van der Waals surface area contributed by atoms with Gasteiger partial charge in [0, 0.05) is 45.3 Å². The second-order valence-electron chi connectivity index (χ2n) is 8.34. The largest absolute Gasteiger partial charge is 0.394 e. The number of imide groups is 1. The molecule has 7 nitrogen and oxygen atoms in total. The van der Waals surface area contributed by atoms with Gasteiger partial charge in [-0.15, -0.1) is 0 Å². The highest BCUT2D eigenvalue weighted by Gasteiger charge is 2.35. The molecule has 0 aliphatic carbocycles. The molecule has 2 amide bonds. The molecule has 0 saturated heterocycles. The molecule has 7 heteroatoms. The number of aliphatic hydroxyl groups is 2. The molecule has 0 fully saturated rings. The molecule has 4 aromatic rings. The fourth-order valence-corrected chi connectivity index (χ4v) is 4.46. The zero-order chi connectivity index (χ0) is 22.6. The van der Waals surface area contributed by atoms with E-state index < -0.39 is 17.9 Å². The van der Waals surface area contributed by atoms with E-state index in [2.05, 4.69) is 10.3 Å². The smallest absolute Gasteiger partial charge is 0.259 e. The third-order valence-electron chi connectivity index (χ3n) is 5.96. The Labute approximate surface area is 184 Å². The lowest BCUT2D eigenvalue weighted by molar-refractivity contribution is -0.122. The van der Waals surface area contributed by atoms with Crippen LogP contribution in [0.5, 0.6) is 0 Å². The molecule has 0 bridgehead atoms. The maximum Gasteiger partial charge on any atom is 0.259 e. The van der Waals surface area contributed by atoms with Gasteiger partial charge in [-0.1, -0.05) is 23.3 Å². The van der Waals surface area contributed by atoms with Gasteiger partial charge in [0.15, 0.2) is 0 Å². The van der Waals surface area contributed by atoms with E-state index in [1.165, 1.54) is 0 Å². The van der Waals surface area contributed by atoms with Crippen molar-refractivity contribution in [3.05, 3.63) is 71.0 Å². The van der Waals surface area contributed by atoms with Gasteiger partial charge < -0.3 is 19.8 Å². The van der Waals surface area contributed by atoms with Crippen molar-refractivity contribution >= 4 is 44.8 Å². The number of nitrogens with one attached hydrogen (secondary N) is 2. The van der Waals surface area contributed by atoms with Gasteiger partial charge in [-0.05, 0) is 38.1 Å². The minimum absolute atomic E-state index is 0.167. The van der Waals surface area contributed by atoms with E-state index in [0.29, 0.717) is 22.3 Å². The van der Waals surface area contributed by atoms with Crippen LogP contribution in [0.25, 0.3) is 33.0 Å². The molecular weight excluding hydrogens is 406 g/mol. The van der Waals surface area contributed by atoms with Crippen LogP contribution in [0.1, 0.15) is 22.3 Å². The first-order valence-electron chi connectivity index (χ1n) is 10.4. The first-order chi connectivity index (χ1) is 15.4. The summed E-state index contributed by atoms with van der Waals surface area (Å²) in [5.74, 6) is -0.883. The lowest BCUT2D eigenvalue weighted by atomic mass is 9.95. The predicted molar refractivity (Wildman–Crippen MR) is 123 cm³/mol. The number of hydrogen-bond donors (Lipinski definition) is 4. The van der Waals surface area contributed by atoms with Crippen LogP contribution >= 0.6 is 0 Å². The Kier molecular flexibility index (Phi) is 4.73. The Balaban J connectivity index is 1.80. The van der Waals surface area contributed by atoms with Crippen LogP contribution in [-0.4, -0.2) is 44.3 Å². The molecule has 2 aromatic heterocycles. The molecule has 162 valence electrons. The van der Waals surface area contributed by atoms with Gasteiger partial charge in [-0.25, -0.2) is 0 Å². The third-order valence-corrected chi connectivity index (χ3v) is 5.96. The molecule has 1 atom stereocenters. The monoisotopic (exact) mass is 429 g/mol. The normalized spacial score (nSPS) is 15.2. The lowest BCUT2D eigenvalue weighted by Gasteiger charge is -2.09. The fourth-order valence-electron chi connectivity index (χ4n) is 4.46. The van der Waals surface area contributed by atoms with Gasteiger partial charge in [0.2, 0.25) is 0 Å². The van der Waals surface area contributed by atoms with Crippen LogP contribution in [-0.2, 0) is 16.1 Å². The van der Waals surface area contributed by atoms with E-state index in [1.54, 1.807) is 12.4 Å². The lowest BCUT2D eigenvalue weighted by Crippen LogP contribution is -2.22. The van der Waals surface area contributed by atoms with E-state index in [1.807, 2.05) is 54.8 Å². The number of fused-ring (bicyclic) bond motifs is 2. The standard InChI is InChI=1S/C25H23N3O4/c1-13-3-5-20-16(7-13)18(9-26-20)22-23(25(32)27-24(22)31)19-11-28(10-15(30)12-29)21-6-4-14(2)8-17(19)21/h3-9,11,15,26,29-30H,10,12H2,1-2H3,(H,27,31,32). The van der Waals surface area contributed by atoms with Gasteiger partial charge in [-0.3, -0.25) is 14.9 Å². The van der Waals surface area contributed by atoms with Crippen LogP contribution in [0.3, 0.4) is 0 Å². The number of rotatable bonds is 5. The first kappa shape index (κ1) is 20.2. The molecule has 5 rings (SSSR count). The van der Waals surface area contributed by atoms with Crippen LogP contribution in [0, 0.1) is 13.8 Å². The van der Waals surface area contributed by atoms with Gasteiger partial charge in [0.1, 0.15) is 0 Å². The Bertz CT molecular complexity index is 1440. The number of aromatic nitrogens is 2. The number of aliphatic hydroxyl groups excluding tert-OH is 2. The molecule has 0 saturated carbocycles. The molecule has 3 heterocycles. The highest BCUT2D eigenvalue weighted by atomic mass is 16.3. The summed E-state index contributed by atoms with van der Waals surface area (Å²) in [6, 6.07) is 11.8. The van der Waals surface area contributed by atoms with E-state index >= 15 is 0 Å². The van der Waals surface area contributed by atoms with Crippen molar-refractivity contribution in [2.24, 2.45) is 0 Å². The molecule has 0 spiro atoms. The van der Waals surface area contributed by atoms with Crippen LogP contribution in [0.4, 0.5) is 0 Å². The zero-order valence-electron chi connectivity index (χ0n) is 17.8. The second kappa shape index (κ2) is 7.47. The second-order valence-corrected chi connectivity index (χ2v) is 8.34. The average molecular weight is 429 g/mol. The SMILES string of the molecule is Cc1ccc2[nH]cc(C3=C(c4cn(CC(O)CO)c5ccc(C)cc45)C(=O)NC3=O)c2c1. The topological polar surface area (TPSA) is 107 Å². The van der Waals surface area contributed by atoms with E-state index in [4.69, 9.17) is 0 Å². The Morgan fingerprint density at radius 3 is 2.31 bits per heavy atom. The fraction of sp³-hybridized carbons (Fsp3) is 0.200. The van der Waals surface area contributed by atoms with Gasteiger partial charge in [0.25, 0.3) is 11.8 Å². The molecule has 32 heavy (non-hydrogen) atoms. The van der Waals surface area contributed by atoms with Crippen LogP contribution < -0.4 is 5.32 Å². The third kappa shape index (κ3) is 3.14. The summed E-state index contributed by atoms with van der Waals surface area (Å²) in [4.78, 5) is 29.2. The summed E-state index contributed by atoms with van der Waals surface area (Å²) in [5.41, 5.74) is 5.69. The number of H-pyrrole nitrogens is 1. The van der Waals surface area contributed by atoms with Crippen LogP contribution in [0.2, 0.25) is 0 Å². The maximum atomic E-state index is 13.0. The number of carbonyl (C=O) groups excluding carboxylic acids is 2. The van der Waals surface area contributed by atoms with Crippen molar-refractivity contribution in [3.8, 4) is 0 Å². The minimum atomic E-state index is -0.941. The molecular formula is C25H23N3O4. The Morgan fingerprint density at radius 2 is 1.59 bits per heavy atom. The van der Waals surface area contributed by atoms with Gasteiger partial charge in [0.05, 0.1) is 30.4 Å². The summed E-state index contributed by atoms with van der Waals surface area (Å²) < 4.78 is 1.81. The molecule has 1 unspecified atom stereocenters. The summed E-state index contributed by atoms with van der Waals surface area (Å²) in [6.45, 7) is 3.73. The quantitative estimate of drug-likeness (QED) is 0.366. The highest BCUT2D eigenvalue weighted by Crippen LogP contribution is 2.38. The summed E-state index contributed by atoms with van der Waals surface area (Å²) in [5, 5.41) is 23.5. The molecule has 2 aromatic carbocycles. The molecule has 4 N–H and O–H groups in total. The maximum absolute atomic E-state index is 13.0. The number of carbonyl (C=O) groups is 2. The van der Waals surface area contributed by atoms with Crippen molar-refractivity contribution < 1.29 is 19.8 Å². The summed E-state index contributed by atoms with van der Waals surface area (Å²) in [7, 11) is 0. The molecule has 1 aliphatic rings. The summed E-state index contributed by atoms with van der Waals surface area (Å²) in [6.07, 6.45) is 2.59. The van der Waals surface area contributed by atoms with Crippen LogP contribution in [0.15, 0.2) is 48.8 Å². The minimum Gasteiger partial charge on any atom is -0.394 e. The van der Waals surface area contributed by atoms with Crippen molar-refractivity contribution in [2.75, 3.05) is 6.61 Å². The highest BCUT2D eigenvalue weighted by molar-refractivity contribution is 6.50.